The van der Waals surface area contributed by atoms with Crippen molar-refractivity contribution in [1.82, 2.24) is 0 Å². The molecule has 0 unspecified atom stereocenters. The van der Waals surface area contributed by atoms with E-state index in [1.165, 1.54) is 0 Å². The Morgan fingerprint density at radius 3 is 2.00 bits per heavy atom. The fraction of sp³-hybridized carbons (Fsp3) is 0.0667. The van der Waals surface area contributed by atoms with Gasteiger partial charge in [-0.25, -0.2) is 0 Å². The van der Waals surface area contributed by atoms with E-state index in [0.717, 1.165) is 0 Å². The molecular formula is C15H12N2O2. The Morgan fingerprint density at radius 2 is 1.47 bits per heavy atom. The van der Waals surface area contributed by atoms with Gasteiger partial charge in [0.05, 0.1) is 11.4 Å². The van der Waals surface area contributed by atoms with E-state index in [-0.39, 0.29) is 12.4 Å². The van der Waals surface area contributed by atoms with Gasteiger partial charge in [-0.15, -0.1) is 6.42 Å². The van der Waals surface area contributed by atoms with Gasteiger partial charge in [-0.1, -0.05) is 5.92 Å². The number of ether oxygens (including phenoxy) is 1. The first-order valence-electron chi connectivity index (χ1n) is 5.65. The standard InChI is InChI=1S/C15H12N2O2/c1-2-11-19-15-9-5-13(6-10-15)17-16-12-3-7-14(18)8-4-12/h1,3-10,18H,11H2. The van der Waals surface area contributed by atoms with Crippen LogP contribution < -0.4 is 4.74 Å². The number of rotatable bonds is 4. The van der Waals surface area contributed by atoms with E-state index in [1.54, 1.807) is 48.5 Å². The van der Waals surface area contributed by atoms with Gasteiger partial charge >= 0.3 is 0 Å². The summed E-state index contributed by atoms with van der Waals surface area (Å²) in [4.78, 5) is 0. The van der Waals surface area contributed by atoms with E-state index < -0.39 is 0 Å². The SMILES string of the molecule is C#CCOc1ccc(N=Nc2ccc(O)cc2)cc1. The molecule has 0 saturated heterocycles. The van der Waals surface area contributed by atoms with E-state index in [0.29, 0.717) is 17.1 Å². The quantitative estimate of drug-likeness (QED) is 0.664. The number of terminal acetylenes is 1. The number of aromatic hydroxyl groups is 1. The van der Waals surface area contributed by atoms with Crippen molar-refractivity contribution in [1.29, 1.82) is 0 Å². The van der Waals surface area contributed by atoms with Crippen molar-refractivity contribution in [3.8, 4) is 23.8 Å². The Hall–Kier alpha value is -2.80. The maximum atomic E-state index is 9.14. The molecule has 0 aliphatic carbocycles. The third-order valence-electron chi connectivity index (χ3n) is 2.29. The first-order valence-corrected chi connectivity index (χ1v) is 5.65. The largest absolute Gasteiger partial charge is 0.508 e. The molecule has 1 N–H and O–H groups in total. The summed E-state index contributed by atoms with van der Waals surface area (Å²) in [5.74, 6) is 3.30. The highest BCUT2D eigenvalue weighted by Crippen LogP contribution is 2.22. The normalized spacial score (nSPS) is 10.3. The number of phenolic OH excluding ortho intramolecular Hbond substituents is 1. The van der Waals surface area contributed by atoms with Crippen molar-refractivity contribution in [3.05, 3.63) is 48.5 Å². The minimum Gasteiger partial charge on any atom is -0.508 e. The number of hydrogen-bond donors (Lipinski definition) is 1. The van der Waals surface area contributed by atoms with Crippen LogP contribution in [0.3, 0.4) is 0 Å². The summed E-state index contributed by atoms with van der Waals surface area (Å²) in [5, 5.41) is 17.3. The number of hydrogen-bond acceptors (Lipinski definition) is 4. The Morgan fingerprint density at radius 1 is 0.947 bits per heavy atom. The molecule has 94 valence electrons. The van der Waals surface area contributed by atoms with Gasteiger partial charge < -0.3 is 9.84 Å². The summed E-state index contributed by atoms with van der Waals surface area (Å²) >= 11 is 0. The Kier molecular flexibility index (Phi) is 4.14. The highest BCUT2D eigenvalue weighted by molar-refractivity contribution is 5.43. The highest BCUT2D eigenvalue weighted by atomic mass is 16.5. The van der Waals surface area contributed by atoms with Crippen LogP contribution in [-0.4, -0.2) is 11.7 Å². The van der Waals surface area contributed by atoms with Gasteiger partial charge in [0.1, 0.15) is 18.1 Å². The van der Waals surface area contributed by atoms with Gasteiger partial charge in [0.15, 0.2) is 0 Å². The minimum absolute atomic E-state index is 0.203. The highest BCUT2D eigenvalue weighted by Gasteiger charge is 1.94. The topological polar surface area (TPSA) is 54.2 Å². The lowest BCUT2D eigenvalue weighted by atomic mass is 10.3. The van der Waals surface area contributed by atoms with Crippen LogP contribution in [0.2, 0.25) is 0 Å². The summed E-state index contributed by atoms with van der Waals surface area (Å²) in [6, 6.07) is 13.6. The third kappa shape index (κ3) is 3.86. The molecule has 0 aromatic heterocycles. The molecule has 0 atom stereocenters. The van der Waals surface area contributed by atoms with E-state index in [9.17, 15) is 0 Å². The molecule has 2 aromatic carbocycles. The van der Waals surface area contributed by atoms with Crippen LogP contribution in [0, 0.1) is 12.3 Å². The van der Waals surface area contributed by atoms with Gasteiger partial charge in [0, 0.05) is 0 Å². The van der Waals surface area contributed by atoms with Gasteiger partial charge in [-0.05, 0) is 48.5 Å². The van der Waals surface area contributed by atoms with Crippen LogP contribution in [0.15, 0.2) is 58.8 Å². The number of nitrogens with zero attached hydrogens (tertiary/aromatic N) is 2. The number of azo groups is 1. The van der Waals surface area contributed by atoms with Crippen molar-refractivity contribution in [2.75, 3.05) is 6.61 Å². The summed E-state index contributed by atoms with van der Waals surface area (Å²) in [5.41, 5.74) is 1.38. The minimum atomic E-state index is 0.203. The molecule has 0 saturated carbocycles. The second kappa shape index (κ2) is 6.22. The van der Waals surface area contributed by atoms with Gasteiger partial charge in [-0.2, -0.15) is 10.2 Å². The molecule has 0 aliphatic heterocycles. The first kappa shape index (κ1) is 12.7. The van der Waals surface area contributed by atoms with Crippen LogP contribution in [0.5, 0.6) is 11.5 Å². The van der Waals surface area contributed by atoms with Crippen molar-refractivity contribution in [2.45, 2.75) is 0 Å². The molecule has 4 nitrogen and oxygen atoms in total. The van der Waals surface area contributed by atoms with E-state index >= 15 is 0 Å². The first-order chi connectivity index (χ1) is 9.28. The number of benzene rings is 2. The molecular weight excluding hydrogens is 240 g/mol. The molecule has 0 radical (unpaired) electrons. The summed E-state index contributed by atoms with van der Waals surface area (Å²) < 4.78 is 5.25. The monoisotopic (exact) mass is 252 g/mol. The molecule has 2 rings (SSSR count). The Labute approximate surface area is 111 Å². The Balaban J connectivity index is 2.03. The molecule has 19 heavy (non-hydrogen) atoms. The molecule has 0 spiro atoms. The van der Waals surface area contributed by atoms with Crippen LogP contribution in [0.4, 0.5) is 11.4 Å². The number of phenols is 1. The molecule has 4 heteroatoms. The van der Waals surface area contributed by atoms with E-state index in [1.807, 2.05) is 0 Å². The van der Waals surface area contributed by atoms with Gasteiger partial charge in [0.2, 0.25) is 0 Å². The summed E-state index contributed by atoms with van der Waals surface area (Å²) in [6.45, 7) is 0.244. The molecule has 0 aliphatic rings. The average Bonchev–Trinajstić information content (AvgIpc) is 2.46. The van der Waals surface area contributed by atoms with Gasteiger partial charge in [-0.3, -0.25) is 0 Å². The van der Waals surface area contributed by atoms with E-state index in [4.69, 9.17) is 16.3 Å². The second-order valence-electron chi connectivity index (χ2n) is 3.70. The van der Waals surface area contributed by atoms with Crippen LogP contribution in [0.1, 0.15) is 0 Å². The van der Waals surface area contributed by atoms with Crippen molar-refractivity contribution >= 4 is 11.4 Å². The zero-order valence-electron chi connectivity index (χ0n) is 10.2. The lowest BCUT2D eigenvalue weighted by Crippen LogP contribution is -1.92. The lowest BCUT2D eigenvalue weighted by molar-refractivity contribution is 0.370. The summed E-state index contributed by atoms with van der Waals surface area (Å²) in [7, 11) is 0. The molecule has 0 heterocycles. The average molecular weight is 252 g/mol. The maximum absolute atomic E-state index is 9.14. The molecule has 0 amide bonds. The fourth-order valence-electron chi connectivity index (χ4n) is 1.37. The smallest absolute Gasteiger partial charge is 0.148 e. The molecule has 0 bridgehead atoms. The van der Waals surface area contributed by atoms with Crippen molar-refractivity contribution in [3.63, 3.8) is 0 Å². The lowest BCUT2D eigenvalue weighted by Gasteiger charge is -2.01. The maximum Gasteiger partial charge on any atom is 0.148 e. The molecule has 0 fully saturated rings. The molecule has 2 aromatic rings. The predicted octanol–water partition coefficient (Wildman–Crippen LogP) is 3.82. The summed E-state index contributed by atoms with van der Waals surface area (Å²) in [6.07, 6.45) is 5.10. The van der Waals surface area contributed by atoms with E-state index in [2.05, 4.69) is 16.1 Å². The van der Waals surface area contributed by atoms with Gasteiger partial charge in [0.25, 0.3) is 0 Å². The predicted molar refractivity (Wildman–Crippen MR) is 73.1 cm³/mol. The van der Waals surface area contributed by atoms with Crippen molar-refractivity contribution in [2.24, 2.45) is 10.2 Å². The third-order valence-corrected chi connectivity index (χ3v) is 2.29. The fourth-order valence-corrected chi connectivity index (χ4v) is 1.37. The Bertz CT molecular complexity index is 596. The van der Waals surface area contributed by atoms with Crippen molar-refractivity contribution < 1.29 is 9.84 Å². The van der Waals surface area contributed by atoms with Crippen LogP contribution in [0.25, 0.3) is 0 Å². The van der Waals surface area contributed by atoms with Crippen LogP contribution >= 0.6 is 0 Å². The second-order valence-corrected chi connectivity index (χ2v) is 3.70. The van der Waals surface area contributed by atoms with Crippen LogP contribution in [-0.2, 0) is 0 Å². The zero-order chi connectivity index (χ0) is 13.5. The zero-order valence-corrected chi connectivity index (χ0v) is 10.2.